The van der Waals surface area contributed by atoms with Crippen LogP contribution in [0.4, 0.5) is 4.39 Å². The molecule has 0 fully saturated rings. The second kappa shape index (κ2) is 6.07. The number of aliphatic hydroxyl groups is 1. The first-order valence-corrected chi connectivity index (χ1v) is 8.15. The van der Waals surface area contributed by atoms with Crippen molar-refractivity contribution in [2.75, 3.05) is 0 Å². The molecular formula is C17H15BrClFO. The standard InChI is InChI=1S/C17H15BrClFO/c18-14-9-16(20)13(8-15(14)19)17(21)12-7-3-5-10-4-1-2-6-11(10)12/h1-2,4,6,8-9,12,17,21H,3,5,7H2. The molecule has 0 saturated heterocycles. The molecule has 0 bridgehead atoms. The van der Waals surface area contributed by atoms with Crippen LogP contribution in [0.2, 0.25) is 5.02 Å². The Morgan fingerprint density at radius 2 is 2.05 bits per heavy atom. The Bertz CT molecular complexity index is 674. The Morgan fingerprint density at radius 3 is 2.86 bits per heavy atom. The van der Waals surface area contributed by atoms with Gasteiger partial charge in [-0.2, -0.15) is 0 Å². The van der Waals surface area contributed by atoms with Gasteiger partial charge >= 0.3 is 0 Å². The molecule has 2 aromatic rings. The lowest BCUT2D eigenvalue weighted by atomic mass is 9.78. The zero-order chi connectivity index (χ0) is 15.0. The second-order valence-corrected chi connectivity index (χ2v) is 6.69. The third kappa shape index (κ3) is 2.87. The Labute approximate surface area is 136 Å². The van der Waals surface area contributed by atoms with Crippen LogP contribution in [0, 0.1) is 5.82 Å². The van der Waals surface area contributed by atoms with E-state index in [9.17, 15) is 9.50 Å². The smallest absolute Gasteiger partial charge is 0.130 e. The first-order valence-electron chi connectivity index (χ1n) is 6.98. The Balaban J connectivity index is 2.00. The predicted molar refractivity (Wildman–Crippen MR) is 86.2 cm³/mol. The van der Waals surface area contributed by atoms with Gasteiger partial charge in [-0.15, -0.1) is 0 Å². The van der Waals surface area contributed by atoms with Gasteiger partial charge in [-0.3, -0.25) is 0 Å². The van der Waals surface area contributed by atoms with Crippen molar-refractivity contribution < 1.29 is 9.50 Å². The topological polar surface area (TPSA) is 20.2 Å². The minimum atomic E-state index is -0.878. The van der Waals surface area contributed by atoms with Gasteiger partial charge in [0.25, 0.3) is 0 Å². The minimum Gasteiger partial charge on any atom is -0.388 e. The van der Waals surface area contributed by atoms with Gasteiger partial charge in [0.05, 0.1) is 11.1 Å². The highest BCUT2D eigenvalue weighted by atomic mass is 79.9. The molecule has 1 aliphatic carbocycles. The van der Waals surface area contributed by atoms with Gasteiger partial charge < -0.3 is 5.11 Å². The summed E-state index contributed by atoms with van der Waals surface area (Å²) in [5, 5.41) is 11.1. The summed E-state index contributed by atoms with van der Waals surface area (Å²) in [6, 6.07) is 10.9. The van der Waals surface area contributed by atoms with Crippen molar-refractivity contribution in [2.24, 2.45) is 0 Å². The Morgan fingerprint density at radius 1 is 1.29 bits per heavy atom. The Kier molecular flexibility index (Phi) is 4.34. The normalized spacial score (nSPS) is 19.1. The molecule has 3 rings (SSSR count). The predicted octanol–water partition coefficient (Wildman–Crippen LogP) is 5.40. The molecule has 2 atom stereocenters. The van der Waals surface area contributed by atoms with Gasteiger partial charge in [0, 0.05) is 16.0 Å². The molecule has 21 heavy (non-hydrogen) atoms. The molecule has 0 aliphatic heterocycles. The van der Waals surface area contributed by atoms with E-state index in [1.54, 1.807) is 0 Å². The van der Waals surface area contributed by atoms with Gasteiger partial charge in [-0.1, -0.05) is 35.9 Å². The number of hydrogen-bond acceptors (Lipinski definition) is 1. The van der Waals surface area contributed by atoms with E-state index in [-0.39, 0.29) is 11.5 Å². The van der Waals surface area contributed by atoms with Crippen molar-refractivity contribution in [3.05, 3.63) is 68.4 Å². The zero-order valence-corrected chi connectivity index (χ0v) is 13.7. The maximum Gasteiger partial charge on any atom is 0.130 e. The highest BCUT2D eigenvalue weighted by molar-refractivity contribution is 9.10. The van der Waals surface area contributed by atoms with E-state index in [1.807, 2.05) is 18.2 Å². The SMILES string of the molecule is OC(c1cc(Cl)c(Br)cc1F)C1CCCc2ccccc21. The third-order valence-corrected chi connectivity index (χ3v) is 5.35. The molecule has 1 aliphatic rings. The fourth-order valence-electron chi connectivity index (χ4n) is 3.10. The van der Waals surface area contributed by atoms with E-state index in [1.165, 1.54) is 17.7 Å². The van der Waals surface area contributed by atoms with Crippen LogP contribution in [0.1, 0.15) is 41.6 Å². The summed E-state index contributed by atoms with van der Waals surface area (Å²) >= 11 is 9.24. The molecule has 2 unspecified atom stereocenters. The molecule has 2 aromatic carbocycles. The third-order valence-electron chi connectivity index (χ3n) is 4.16. The summed E-state index contributed by atoms with van der Waals surface area (Å²) in [6.07, 6.45) is 2.00. The molecule has 0 amide bonds. The molecule has 0 heterocycles. The van der Waals surface area contributed by atoms with Crippen LogP contribution in [0.15, 0.2) is 40.9 Å². The number of rotatable bonds is 2. The number of halogens is 3. The molecule has 1 N–H and O–H groups in total. The van der Waals surface area contributed by atoms with E-state index in [2.05, 4.69) is 22.0 Å². The van der Waals surface area contributed by atoms with Crippen LogP contribution in [-0.2, 0) is 6.42 Å². The van der Waals surface area contributed by atoms with Crippen molar-refractivity contribution in [1.29, 1.82) is 0 Å². The summed E-state index contributed by atoms with van der Waals surface area (Å²) in [5.74, 6) is -0.511. The number of fused-ring (bicyclic) bond motifs is 1. The maximum atomic E-state index is 14.2. The molecular weight excluding hydrogens is 355 g/mol. The summed E-state index contributed by atoms with van der Waals surface area (Å²) in [7, 11) is 0. The van der Waals surface area contributed by atoms with Gasteiger partial charge in [0.15, 0.2) is 0 Å². The van der Waals surface area contributed by atoms with Crippen molar-refractivity contribution in [2.45, 2.75) is 31.3 Å². The van der Waals surface area contributed by atoms with Crippen LogP contribution < -0.4 is 0 Å². The molecule has 0 radical (unpaired) electrons. The van der Waals surface area contributed by atoms with E-state index >= 15 is 0 Å². The van der Waals surface area contributed by atoms with Gasteiger partial charge in [0.1, 0.15) is 5.82 Å². The summed E-state index contributed by atoms with van der Waals surface area (Å²) in [6.45, 7) is 0. The molecule has 0 aromatic heterocycles. The van der Waals surface area contributed by atoms with E-state index < -0.39 is 11.9 Å². The first-order chi connectivity index (χ1) is 10.1. The average Bonchev–Trinajstić information content (AvgIpc) is 2.49. The lowest BCUT2D eigenvalue weighted by Gasteiger charge is -2.30. The number of benzene rings is 2. The minimum absolute atomic E-state index is 0.0818. The maximum absolute atomic E-state index is 14.2. The number of hydrogen-bond donors (Lipinski definition) is 1. The fourth-order valence-corrected chi connectivity index (χ4v) is 3.59. The van der Waals surface area contributed by atoms with Crippen LogP contribution in [0.25, 0.3) is 0 Å². The zero-order valence-electron chi connectivity index (χ0n) is 11.3. The fraction of sp³-hybridized carbons (Fsp3) is 0.294. The number of aliphatic hydroxyl groups excluding tert-OH is 1. The summed E-state index contributed by atoms with van der Waals surface area (Å²) < 4.78 is 14.7. The molecule has 0 saturated carbocycles. The first kappa shape index (κ1) is 15.0. The van der Waals surface area contributed by atoms with E-state index in [4.69, 9.17) is 11.6 Å². The average molecular weight is 370 g/mol. The van der Waals surface area contributed by atoms with Crippen LogP contribution in [0.3, 0.4) is 0 Å². The quantitative estimate of drug-likeness (QED) is 0.703. The number of aryl methyl sites for hydroxylation is 1. The van der Waals surface area contributed by atoms with Crippen LogP contribution in [-0.4, -0.2) is 5.11 Å². The Hall–Kier alpha value is -0.900. The van der Waals surface area contributed by atoms with Crippen molar-refractivity contribution in [1.82, 2.24) is 0 Å². The molecule has 0 spiro atoms. The highest BCUT2D eigenvalue weighted by Gasteiger charge is 2.29. The highest BCUT2D eigenvalue weighted by Crippen LogP contribution is 2.42. The van der Waals surface area contributed by atoms with Crippen molar-refractivity contribution in [3.63, 3.8) is 0 Å². The van der Waals surface area contributed by atoms with Crippen LogP contribution in [0.5, 0.6) is 0 Å². The lowest BCUT2D eigenvalue weighted by Crippen LogP contribution is -2.18. The van der Waals surface area contributed by atoms with E-state index in [0.717, 1.165) is 24.8 Å². The van der Waals surface area contributed by atoms with E-state index in [0.29, 0.717) is 9.50 Å². The van der Waals surface area contributed by atoms with Gasteiger partial charge in [0.2, 0.25) is 0 Å². The van der Waals surface area contributed by atoms with Crippen LogP contribution >= 0.6 is 27.5 Å². The molecule has 1 nitrogen and oxygen atoms in total. The monoisotopic (exact) mass is 368 g/mol. The van der Waals surface area contributed by atoms with Crippen molar-refractivity contribution in [3.8, 4) is 0 Å². The van der Waals surface area contributed by atoms with Gasteiger partial charge in [-0.25, -0.2) is 4.39 Å². The molecule has 110 valence electrons. The van der Waals surface area contributed by atoms with Crippen molar-refractivity contribution >= 4 is 27.5 Å². The lowest BCUT2D eigenvalue weighted by molar-refractivity contribution is 0.132. The summed E-state index contributed by atoms with van der Waals surface area (Å²) in [5.41, 5.74) is 2.64. The van der Waals surface area contributed by atoms with Gasteiger partial charge in [-0.05, 0) is 58.5 Å². The summed E-state index contributed by atoms with van der Waals surface area (Å²) in [4.78, 5) is 0. The second-order valence-electron chi connectivity index (χ2n) is 5.43. The molecule has 4 heteroatoms. The largest absolute Gasteiger partial charge is 0.388 e.